The molecule has 0 bridgehead atoms. The van der Waals surface area contributed by atoms with Crippen molar-refractivity contribution >= 4 is 59.3 Å². The smallest absolute Gasteiger partial charge is 0.143 e. The number of nitrogens with zero attached hydrogens (tertiary/aromatic N) is 1. The summed E-state index contributed by atoms with van der Waals surface area (Å²) in [5.74, 6) is 0. The number of benzene rings is 7. The molecular formula is C39H24BrNO. The highest BCUT2D eigenvalue weighted by molar-refractivity contribution is 9.10. The third kappa shape index (κ3) is 3.02. The number of rotatable bonds is 2. The predicted octanol–water partition coefficient (Wildman–Crippen LogP) is 10.1. The van der Waals surface area contributed by atoms with Crippen LogP contribution in [0.3, 0.4) is 0 Å². The number of fused-ring (bicyclic) bond motifs is 10. The van der Waals surface area contributed by atoms with Gasteiger partial charge in [0.1, 0.15) is 5.60 Å². The lowest BCUT2D eigenvalue weighted by Gasteiger charge is -2.29. The molecule has 1 unspecified atom stereocenters. The summed E-state index contributed by atoms with van der Waals surface area (Å²) in [7, 11) is 0. The highest BCUT2D eigenvalue weighted by Gasteiger charge is 2.46. The Labute approximate surface area is 251 Å². The van der Waals surface area contributed by atoms with Crippen molar-refractivity contribution in [3.8, 4) is 16.8 Å². The van der Waals surface area contributed by atoms with Crippen molar-refractivity contribution in [3.05, 3.63) is 161 Å². The molecule has 8 aromatic rings. The predicted molar refractivity (Wildman–Crippen MR) is 177 cm³/mol. The van der Waals surface area contributed by atoms with Gasteiger partial charge < -0.3 is 9.67 Å². The van der Waals surface area contributed by atoms with Gasteiger partial charge in [0.25, 0.3) is 0 Å². The zero-order chi connectivity index (χ0) is 28.0. The first-order valence-corrected chi connectivity index (χ1v) is 15.0. The number of aromatic nitrogens is 1. The Hall–Kier alpha value is -4.70. The van der Waals surface area contributed by atoms with E-state index in [0.29, 0.717) is 0 Å². The molecule has 0 aliphatic heterocycles. The summed E-state index contributed by atoms with van der Waals surface area (Å²) in [6.45, 7) is 0. The highest BCUT2D eigenvalue weighted by atomic mass is 79.9. The van der Waals surface area contributed by atoms with E-state index in [0.717, 1.165) is 75.9 Å². The zero-order valence-electron chi connectivity index (χ0n) is 22.6. The fraction of sp³-hybridized carbons (Fsp3) is 0.0256. The van der Waals surface area contributed by atoms with E-state index < -0.39 is 5.60 Å². The Kier molecular flexibility index (Phi) is 4.93. The summed E-state index contributed by atoms with van der Waals surface area (Å²) in [4.78, 5) is 0. The van der Waals surface area contributed by atoms with Gasteiger partial charge in [-0.3, -0.25) is 0 Å². The van der Waals surface area contributed by atoms with Crippen LogP contribution in [0, 0.1) is 0 Å². The van der Waals surface area contributed by atoms with Gasteiger partial charge in [-0.15, -0.1) is 0 Å². The average Bonchev–Trinajstić information content (AvgIpc) is 3.52. The molecule has 1 heterocycles. The summed E-state index contributed by atoms with van der Waals surface area (Å²) in [5, 5.41) is 20.3. The maximum absolute atomic E-state index is 13.5. The molecule has 0 saturated heterocycles. The Balaban J connectivity index is 1.51. The summed E-state index contributed by atoms with van der Waals surface area (Å²) in [5.41, 5.74) is 6.70. The minimum absolute atomic E-state index is 0.873. The van der Waals surface area contributed by atoms with Crippen LogP contribution in [0.1, 0.15) is 16.7 Å². The molecule has 0 spiro atoms. The molecule has 42 heavy (non-hydrogen) atoms. The van der Waals surface area contributed by atoms with Crippen LogP contribution in [0.15, 0.2) is 144 Å². The molecule has 1 aliphatic rings. The van der Waals surface area contributed by atoms with Gasteiger partial charge in [0.2, 0.25) is 0 Å². The topological polar surface area (TPSA) is 25.2 Å². The number of aliphatic hydroxyl groups is 1. The van der Waals surface area contributed by atoms with E-state index in [1.807, 2.05) is 6.07 Å². The minimum atomic E-state index is -1.39. The maximum atomic E-state index is 13.5. The standard InChI is InChI=1S/C39H24BrNO/c40-34-23-33-37(29-17-7-6-15-27(29)34)36-26-14-5-4-11-24(26)21-22-31(36)39(33,42)32-19-10-18-30-28-16-8-9-20-35(28)41(38(30)32)25-12-2-1-3-13-25/h1-23,42H. The molecule has 1 N–H and O–H groups in total. The molecule has 0 saturated carbocycles. The summed E-state index contributed by atoms with van der Waals surface area (Å²) in [6, 6.07) is 48.8. The summed E-state index contributed by atoms with van der Waals surface area (Å²) < 4.78 is 3.29. The first-order chi connectivity index (χ1) is 20.7. The van der Waals surface area contributed by atoms with Gasteiger partial charge in [0, 0.05) is 37.6 Å². The Bertz CT molecular complexity index is 2390. The molecule has 198 valence electrons. The van der Waals surface area contributed by atoms with E-state index in [2.05, 4.69) is 154 Å². The average molecular weight is 603 g/mol. The lowest BCUT2D eigenvalue weighted by atomic mass is 9.82. The molecule has 1 aliphatic carbocycles. The SMILES string of the molecule is OC1(c2cccc3c4ccccc4n(-c4ccccc4)c23)c2ccc3ccccc3c2-c2c1cc(Br)c1ccccc21. The number of hydrogen-bond donors (Lipinski definition) is 1. The van der Waals surface area contributed by atoms with E-state index in [1.165, 1.54) is 5.39 Å². The number of hydrogen-bond acceptors (Lipinski definition) is 1. The van der Waals surface area contributed by atoms with Gasteiger partial charge in [0.05, 0.1) is 11.0 Å². The molecular weight excluding hydrogens is 578 g/mol. The minimum Gasteiger partial charge on any atom is -0.376 e. The molecule has 0 amide bonds. The summed E-state index contributed by atoms with van der Waals surface area (Å²) >= 11 is 3.88. The van der Waals surface area contributed by atoms with E-state index in [-0.39, 0.29) is 0 Å². The summed E-state index contributed by atoms with van der Waals surface area (Å²) in [6.07, 6.45) is 0. The van der Waals surface area contributed by atoms with Crippen LogP contribution in [0.25, 0.3) is 60.2 Å². The van der Waals surface area contributed by atoms with Gasteiger partial charge in [0.15, 0.2) is 0 Å². The molecule has 9 rings (SSSR count). The Morgan fingerprint density at radius 1 is 0.500 bits per heavy atom. The lowest BCUT2D eigenvalue weighted by molar-refractivity contribution is 0.132. The first-order valence-electron chi connectivity index (χ1n) is 14.2. The molecule has 0 fully saturated rings. The molecule has 2 nitrogen and oxygen atoms in total. The number of para-hydroxylation sites is 3. The van der Waals surface area contributed by atoms with Crippen molar-refractivity contribution in [2.75, 3.05) is 0 Å². The molecule has 7 aromatic carbocycles. The van der Waals surface area contributed by atoms with Crippen LogP contribution < -0.4 is 0 Å². The second-order valence-electron chi connectivity index (χ2n) is 11.1. The van der Waals surface area contributed by atoms with Crippen molar-refractivity contribution in [3.63, 3.8) is 0 Å². The number of halogens is 1. The second-order valence-corrected chi connectivity index (χ2v) is 12.0. The van der Waals surface area contributed by atoms with Crippen LogP contribution in [0.2, 0.25) is 0 Å². The van der Waals surface area contributed by atoms with Gasteiger partial charge in [-0.2, -0.15) is 0 Å². The van der Waals surface area contributed by atoms with Crippen molar-refractivity contribution in [1.29, 1.82) is 0 Å². The normalized spacial score (nSPS) is 16.0. The van der Waals surface area contributed by atoms with Crippen LogP contribution in [0.4, 0.5) is 0 Å². The van der Waals surface area contributed by atoms with Crippen molar-refractivity contribution in [2.24, 2.45) is 0 Å². The Morgan fingerprint density at radius 3 is 1.98 bits per heavy atom. The highest BCUT2D eigenvalue weighted by Crippen LogP contribution is 2.57. The molecule has 0 radical (unpaired) electrons. The quantitative estimate of drug-likeness (QED) is 0.209. The van der Waals surface area contributed by atoms with Gasteiger partial charge >= 0.3 is 0 Å². The van der Waals surface area contributed by atoms with Crippen LogP contribution in [-0.2, 0) is 5.60 Å². The van der Waals surface area contributed by atoms with E-state index >= 15 is 0 Å². The third-order valence-electron chi connectivity index (χ3n) is 9.05. The monoisotopic (exact) mass is 601 g/mol. The zero-order valence-corrected chi connectivity index (χ0v) is 24.1. The van der Waals surface area contributed by atoms with Crippen molar-refractivity contribution in [2.45, 2.75) is 5.60 Å². The second kappa shape index (κ2) is 8.65. The third-order valence-corrected chi connectivity index (χ3v) is 9.71. The molecule has 3 heteroatoms. The van der Waals surface area contributed by atoms with Crippen LogP contribution in [-0.4, -0.2) is 9.67 Å². The fourth-order valence-electron chi connectivity index (χ4n) is 7.32. The van der Waals surface area contributed by atoms with E-state index in [4.69, 9.17) is 0 Å². The fourth-order valence-corrected chi connectivity index (χ4v) is 7.89. The lowest BCUT2D eigenvalue weighted by Crippen LogP contribution is -2.27. The van der Waals surface area contributed by atoms with E-state index in [1.54, 1.807) is 0 Å². The molecule has 1 atom stereocenters. The maximum Gasteiger partial charge on any atom is 0.143 e. The largest absolute Gasteiger partial charge is 0.376 e. The van der Waals surface area contributed by atoms with Gasteiger partial charge in [-0.05, 0) is 56.9 Å². The first kappa shape index (κ1) is 24.0. The van der Waals surface area contributed by atoms with Crippen LogP contribution in [0.5, 0.6) is 0 Å². The Morgan fingerprint density at radius 2 is 1.14 bits per heavy atom. The van der Waals surface area contributed by atoms with Gasteiger partial charge in [-0.1, -0.05) is 131 Å². The van der Waals surface area contributed by atoms with Crippen LogP contribution >= 0.6 is 15.9 Å². The van der Waals surface area contributed by atoms with Crippen molar-refractivity contribution < 1.29 is 5.11 Å². The van der Waals surface area contributed by atoms with Crippen molar-refractivity contribution in [1.82, 2.24) is 4.57 Å². The van der Waals surface area contributed by atoms with Gasteiger partial charge in [-0.25, -0.2) is 0 Å². The molecule has 1 aromatic heterocycles. The van der Waals surface area contributed by atoms with E-state index in [9.17, 15) is 5.11 Å².